The Morgan fingerprint density at radius 2 is 2.31 bits per heavy atom. The number of hydrogen-bond donors (Lipinski definition) is 2. The first-order valence-electron chi connectivity index (χ1n) is 4.64. The van der Waals surface area contributed by atoms with Crippen LogP contribution in [0.25, 0.3) is 0 Å². The van der Waals surface area contributed by atoms with Gasteiger partial charge in [0.1, 0.15) is 0 Å². The average molecular weight is 246 g/mol. The number of rotatable bonds is 6. The molecule has 7 heteroatoms. The van der Waals surface area contributed by atoms with Crippen LogP contribution in [0.4, 0.5) is 0 Å². The van der Waals surface area contributed by atoms with E-state index >= 15 is 0 Å². The summed E-state index contributed by atoms with van der Waals surface area (Å²) in [7, 11) is -1.92. The Kier molecular flexibility index (Phi) is 4.66. The Morgan fingerprint density at radius 1 is 1.56 bits per heavy atom. The van der Waals surface area contributed by atoms with Crippen LogP contribution in [0.1, 0.15) is 5.56 Å². The molecule has 0 radical (unpaired) electrons. The second kappa shape index (κ2) is 5.78. The second-order valence-corrected chi connectivity index (χ2v) is 5.00. The highest BCUT2D eigenvalue weighted by Gasteiger charge is 2.08. The van der Waals surface area contributed by atoms with E-state index in [-0.39, 0.29) is 12.3 Å². The van der Waals surface area contributed by atoms with Gasteiger partial charge in [0.2, 0.25) is 15.9 Å². The first-order valence-corrected chi connectivity index (χ1v) is 6.30. The van der Waals surface area contributed by atoms with Crippen molar-refractivity contribution in [2.24, 2.45) is 0 Å². The van der Waals surface area contributed by atoms with E-state index < -0.39 is 16.6 Å². The van der Waals surface area contributed by atoms with Crippen molar-refractivity contribution in [2.75, 3.05) is 19.5 Å². The summed E-state index contributed by atoms with van der Waals surface area (Å²) in [4.78, 5) is 3.90. The van der Waals surface area contributed by atoms with Crippen molar-refractivity contribution in [3.05, 3.63) is 23.9 Å². The van der Waals surface area contributed by atoms with Gasteiger partial charge in [0.25, 0.3) is 0 Å². The molecule has 90 valence electrons. The van der Waals surface area contributed by atoms with Gasteiger partial charge in [0, 0.05) is 18.8 Å². The number of nitrogens with zero attached hydrogens (tertiary/aromatic N) is 1. The summed E-state index contributed by atoms with van der Waals surface area (Å²) < 4.78 is 29.7. The van der Waals surface area contributed by atoms with Crippen LogP contribution < -0.4 is 9.46 Å². The zero-order chi connectivity index (χ0) is 12.0. The Hall–Kier alpha value is -1.18. The van der Waals surface area contributed by atoms with Crippen LogP contribution in [-0.4, -0.2) is 38.0 Å². The van der Waals surface area contributed by atoms with Crippen LogP contribution in [0.2, 0.25) is 0 Å². The fraction of sp³-hybridized carbons (Fsp3) is 0.444. The first kappa shape index (κ1) is 12.9. The molecule has 1 heterocycles. The number of aromatic nitrogens is 1. The fourth-order valence-corrected chi connectivity index (χ4v) is 1.83. The zero-order valence-corrected chi connectivity index (χ0v) is 9.70. The first-order chi connectivity index (χ1) is 7.57. The van der Waals surface area contributed by atoms with E-state index in [1.54, 1.807) is 12.1 Å². The molecular formula is C9H14N2O4S. The largest absolute Gasteiger partial charge is 0.481 e. The van der Waals surface area contributed by atoms with Crippen LogP contribution in [-0.2, 0) is 16.6 Å². The maximum atomic E-state index is 11.2. The van der Waals surface area contributed by atoms with E-state index in [2.05, 4.69) is 9.71 Å². The minimum absolute atomic E-state index is 0.154. The lowest BCUT2D eigenvalue weighted by Gasteiger charge is -2.06. The summed E-state index contributed by atoms with van der Waals surface area (Å²) in [5.74, 6) is 0.133. The Morgan fingerprint density at radius 3 is 2.94 bits per heavy atom. The molecule has 0 aromatic carbocycles. The predicted molar refractivity (Wildman–Crippen MR) is 58.5 cm³/mol. The molecule has 0 atom stereocenters. The molecule has 1 rings (SSSR count). The highest BCUT2D eigenvalue weighted by atomic mass is 32.2. The maximum absolute atomic E-state index is 11.2. The summed E-state index contributed by atoms with van der Waals surface area (Å²) in [5, 5.41) is 8.53. The van der Waals surface area contributed by atoms with Crippen LogP contribution in [0.5, 0.6) is 5.88 Å². The molecule has 0 aliphatic rings. The molecule has 0 spiro atoms. The average Bonchev–Trinajstić information content (AvgIpc) is 2.27. The van der Waals surface area contributed by atoms with Gasteiger partial charge in [-0.15, -0.1) is 0 Å². The second-order valence-electron chi connectivity index (χ2n) is 3.07. The van der Waals surface area contributed by atoms with Gasteiger partial charge in [0.05, 0.1) is 19.5 Å². The molecule has 0 unspecified atom stereocenters. The van der Waals surface area contributed by atoms with Gasteiger partial charge < -0.3 is 9.84 Å². The summed E-state index contributed by atoms with van der Waals surface area (Å²) in [6.45, 7) is -0.240. The topological polar surface area (TPSA) is 88.5 Å². The number of ether oxygens (including phenoxy) is 1. The molecule has 0 amide bonds. The molecule has 2 N–H and O–H groups in total. The van der Waals surface area contributed by atoms with Crippen LogP contribution in [0, 0.1) is 0 Å². The number of aliphatic hydroxyl groups excluding tert-OH is 1. The number of methoxy groups -OCH3 is 1. The molecule has 0 aliphatic carbocycles. The predicted octanol–water partition coefficient (Wildman–Crippen LogP) is -0.498. The molecule has 0 fully saturated rings. The van der Waals surface area contributed by atoms with Crippen LogP contribution >= 0.6 is 0 Å². The van der Waals surface area contributed by atoms with E-state index in [1.807, 2.05) is 0 Å². The van der Waals surface area contributed by atoms with Crippen molar-refractivity contribution in [1.29, 1.82) is 0 Å². The number of pyridine rings is 1. The number of hydrogen-bond acceptors (Lipinski definition) is 5. The van der Waals surface area contributed by atoms with Gasteiger partial charge in [-0.05, 0) is 11.6 Å². The minimum Gasteiger partial charge on any atom is -0.481 e. The van der Waals surface area contributed by atoms with E-state index in [4.69, 9.17) is 9.84 Å². The van der Waals surface area contributed by atoms with E-state index in [9.17, 15) is 8.42 Å². The molecule has 0 saturated carbocycles. The number of aliphatic hydroxyl groups is 1. The van der Waals surface area contributed by atoms with E-state index in [0.29, 0.717) is 5.88 Å². The highest BCUT2D eigenvalue weighted by Crippen LogP contribution is 2.08. The Balaban J connectivity index is 2.61. The van der Waals surface area contributed by atoms with Gasteiger partial charge in [0.15, 0.2) is 0 Å². The van der Waals surface area contributed by atoms with Gasteiger partial charge in [-0.25, -0.2) is 18.1 Å². The lowest BCUT2D eigenvalue weighted by atomic mass is 10.3. The zero-order valence-electron chi connectivity index (χ0n) is 8.88. The summed E-state index contributed by atoms with van der Waals surface area (Å²) >= 11 is 0. The third kappa shape index (κ3) is 4.13. The standard InChI is InChI=1S/C9H14N2O4S/c1-15-9-6-8(2-3-10-9)7-11-16(13,14)5-4-12/h2-3,6,11-12H,4-5,7H2,1H3. The Labute approximate surface area is 94.3 Å². The SMILES string of the molecule is COc1cc(CNS(=O)(=O)CCO)ccn1. The summed E-state index contributed by atoms with van der Waals surface area (Å²) in [6.07, 6.45) is 1.54. The minimum atomic E-state index is -3.41. The lowest BCUT2D eigenvalue weighted by molar-refractivity contribution is 0.319. The molecule has 0 aliphatic heterocycles. The van der Waals surface area contributed by atoms with Gasteiger partial charge in [-0.3, -0.25) is 0 Å². The van der Waals surface area contributed by atoms with Crippen molar-refractivity contribution < 1.29 is 18.3 Å². The number of nitrogens with one attached hydrogen (secondary N) is 1. The van der Waals surface area contributed by atoms with Gasteiger partial charge in [-0.2, -0.15) is 0 Å². The fourth-order valence-electron chi connectivity index (χ4n) is 1.06. The molecular weight excluding hydrogens is 232 g/mol. The van der Waals surface area contributed by atoms with Crippen molar-refractivity contribution in [1.82, 2.24) is 9.71 Å². The van der Waals surface area contributed by atoms with Crippen molar-refractivity contribution in [3.63, 3.8) is 0 Å². The summed E-state index contributed by atoms with van der Waals surface area (Å²) in [5.41, 5.74) is 0.744. The normalized spacial score (nSPS) is 11.4. The molecule has 6 nitrogen and oxygen atoms in total. The summed E-state index contributed by atoms with van der Waals surface area (Å²) in [6, 6.07) is 3.32. The molecule has 1 aromatic rings. The number of sulfonamides is 1. The van der Waals surface area contributed by atoms with Crippen molar-refractivity contribution >= 4 is 10.0 Å². The Bertz CT molecular complexity index is 433. The third-order valence-corrected chi connectivity index (χ3v) is 3.17. The lowest BCUT2D eigenvalue weighted by Crippen LogP contribution is -2.27. The maximum Gasteiger partial charge on any atom is 0.214 e. The van der Waals surface area contributed by atoms with Gasteiger partial charge >= 0.3 is 0 Å². The van der Waals surface area contributed by atoms with Crippen molar-refractivity contribution in [3.8, 4) is 5.88 Å². The van der Waals surface area contributed by atoms with Gasteiger partial charge in [-0.1, -0.05) is 0 Å². The van der Waals surface area contributed by atoms with Crippen LogP contribution in [0.15, 0.2) is 18.3 Å². The van der Waals surface area contributed by atoms with E-state index in [1.165, 1.54) is 13.3 Å². The molecule has 1 aromatic heterocycles. The highest BCUT2D eigenvalue weighted by molar-refractivity contribution is 7.89. The smallest absolute Gasteiger partial charge is 0.214 e. The monoisotopic (exact) mass is 246 g/mol. The quantitative estimate of drug-likeness (QED) is 0.706. The molecule has 16 heavy (non-hydrogen) atoms. The molecule has 0 saturated heterocycles. The van der Waals surface area contributed by atoms with E-state index in [0.717, 1.165) is 5.56 Å². The van der Waals surface area contributed by atoms with Crippen LogP contribution in [0.3, 0.4) is 0 Å². The van der Waals surface area contributed by atoms with Crippen molar-refractivity contribution in [2.45, 2.75) is 6.54 Å². The third-order valence-electron chi connectivity index (χ3n) is 1.86. The molecule has 0 bridgehead atoms.